The molecule has 2 aromatic rings. The number of pyridine rings is 1. The molecule has 2 atom stereocenters. The minimum atomic E-state index is -0.129. The molecule has 2 N–H and O–H groups in total. The molecule has 1 saturated carbocycles. The highest BCUT2D eigenvalue weighted by Gasteiger charge is 2.42. The number of amides is 1. The Morgan fingerprint density at radius 3 is 2.79 bits per heavy atom. The first-order valence-electron chi connectivity index (χ1n) is 9.34. The Kier molecular flexibility index (Phi) is 5.05. The van der Waals surface area contributed by atoms with Gasteiger partial charge in [-0.05, 0) is 43.9 Å². The third-order valence-electron chi connectivity index (χ3n) is 5.82. The number of nitriles is 1. The zero-order valence-electron chi connectivity index (χ0n) is 15.5. The molecule has 0 saturated heterocycles. The van der Waals surface area contributed by atoms with Crippen molar-refractivity contribution >= 4 is 29.1 Å². The van der Waals surface area contributed by atoms with Crippen molar-refractivity contribution in [3.8, 4) is 17.2 Å². The summed E-state index contributed by atoms with van der Waals surface area (Å²) in [6.07, 6.45) is 2.63. The first kappa shape index (κ1) is 19.2. The van der Waals surface area contributed by atoms with Crippen molar-refractivity contribution < 1.29 is 4.79 Å². The maximum atomic E-state index is 13.5. The van der Waals surface area contributed by atoms with Gasteiger partial charge in [0.05, 0.1) is 29.8 Å². The van der Waals surface area contributed by atoms with Crippen molar-refractivity contribution in [1.82, 2.24) is 9.88 Å². The molecule has 0 spiro atoms. The molecular weight excluding hydrogens is 395 g/mol. The standard InChI is InChI=1S/C21H20Cl2N4O/c1-11-15(9-25)19(14-6-5-13(22)7-16(14)23)20-17(26-11)10-27(21(20)28)18-4-2-3-12(18)8-24/h5-7,12,18H,2-4,9-10,25H2,1H3. The lowest BCUT2D eigenvalue weighted by Crippen LogP contribution is -2.37. The molecule has 7 heteroatoms. The van der Waals surface area contributed by atoms with E-state index in [-0.39, 0.29) is 24.4 Å². The molecule has 0 bridgehead atoms. The number of fused-ring (bicyclic) bond motifs is 1. The largest absolute Gasteiger partial charge is 0.328 e. The number of nitrogens with zero attached hydrogens (tertiary/aromatic N) is 3. The van der Waals surface area contributed by atoms with Crippen LogP contribution in [-0.4, -0.2) is 21.8 Å². The van der Waals surface area contributed by atoms with Gasteiger partial charge in [0.15, 0.2) is 0 Å². The monoisotopic (exact) mass is 414 g/mol. The Balaban J connectivity index is 1.89. The smallest absolute Gasteiger partial charge is 0.257 e. The van der Waals surface area contributed by atoms with Gasteiger partial charge in [-0.3, -0.25) is 9.78 Å². The first-order valence-corrected chi connectivity index (χ1v) is 10.1. The van der Waals surface area contributed by atoms with Crippen LogP contribution in [0.4, 0.5) is 0 Å². The molecule has 1 aliphatic heterocycles. The van der Waals surface area contributed by atoms with Crippen LogP contribution in [0.3, 0.4) is 0 Å². The SMILES string of the molecule is Cc1nc2c(c(-c3ccc(Cl)cc3Cl)c1CN)C(=O)N(C1CCCC1C#N)C2. The Morgan fingerprint density at radius 1 is 1.32 bits per heavy atom. The van der Waals surface area contributed by atoms with Gasteiger partial charge in [0.1, 0.15) is 0 Å². The van der Waals surface area contributed by atoms with Crippen LogP contribution in [0.25, 0.3) is 11.1 Å². The maximum Gasteiger partial charge on any atom is 0.257 e. The van der Waals surface area contributed by atoms with Gasteiger partial charge in [-0.2, -0.15) is 5.26 Å². The van der Waals surface area contributed by atoms with Crippen LogP contribution in [0.15, 0.2) is 18.2 Å². The van der Waals surface area contributed by atoms with E-state index in [0.717, 1.165) is 47.3 Å². The maximum absolute atomic E-state index is 13.5. The number of nitrogens with two attached hydrogens (primary N) is 1. The van der Waals surface area contributed by atoms with Crippen molar-refractivity contribution in [2.45, 2.75) is 45.3 Å². The summed E-state index contributed by atoms with van der Waals surface area (Å²) >= 11 is 12.6. The zero-order chi connectivity index (χ0) is 20.0. The number of hydrogen-bond acceptors (Lipinski definition) is 4. The molecule has 1 amide bonds. The topological polar surface area (TPSA) is 83.0 Å². The predicted molar refractivity (Wildman–Crippen MR) is 109 cm³/mol. The second-order valence-electron chi connectivity index (χ2n) is 7.37. The molecule has 4 rings (SSSR count). The lowest BCUT2D eigenvalue weighted by atomic mass is 9.93. The minimum absolute atomic E-state index is 0.0677. The summed E-state index contributed by atoms with van der Waals surface area (Å²) in [7, 11) is 0. The molecule has 1 aromatic carbocycles. The molecule has 2 aliphatic rings. The van der Waals surface area contributed by atoms with Crippen molar-refractivity contribution in [2.75, 3.05) is 0 Å². The van der Waals surface area contributed by atoms with Gasteiger partial charge in [-0.15, -0.1) is 0 Å². The van der Waals surface area contributed by atoms with Gasteiger partial charge in [-0.25, -0.2) is 0 Å². The molecule has 2 unspecified atom stereocenters. The summed E-state index contributed by atoms with van der Waals surface area (Å²) < 4.78 is 0. The number of carbonyl (C=O) groups is 1. The van der Waals surface area contributed by atoms with Gasteiger partial charge in [-0.1, -0.05) is 29.3 Å². The quantitative estimate of drug-likeness (QED) is 0.802. The number of hydrogen-bond donors (Lipinski definition) is 1. The molecule has 144 valence electrons. The summed E-state index contributed by atoms with van der Waals surface area (Å²) in [5.41, 5.74) is 10.4. The number of aryl methyl sites for hydroxylation is 1. The van der Waals surface area contributed by atoms with Gasteiger partial charge in [0.25, 0.3) is 5.91 Å². The van der Waals surface area contributed by atoms with Crippen LogP contribution in [0.5, 0.6) is 0 Å². The van der Waals surface area contributed by atoms with E-state index in [2.05, 4.69) is 11.1 Å². The van der Waals surface area contributed by atoms with E-state index in [4.69, 9.17) is 28.9 Å². The normalized spacial score (nSPS) is 21.1. The van der Waals surface area contributed by atoms with Crippen molar-refractivity contribution in [3.05, 3.63) is 50.8 Å². The van der Waals surface area contributed by atoms with Crippen molar-refractivity contribution in [3.63, 3.8) is 0 Å². The average molecular weight is 415 g/mol. The molecule has 5 nitrogen and oxygen atoms in total. The summed E-state index contributed by atoms with van der Waals surface area (Å²) in [5, 5.41) is 10.5. The highest BCUT2D eigenvalue weighted by molar-refractivity contribution is 6.36. The van der Waals surface area contributed by atoms with E-state index in [0.29, 0.717) is 22.2 Å². The zero-order valence-corrected chi connectivity index (χ0v) is 17.0. The van der Waals surface area contributed by atoms with Crippen LogP contribution < -0.4 is 5.73 Å². The Morgan fingerprint density at radius 2 is 2.11 bits per heavy atom. The first-order chi connectivity index (χ1) is 13.5. The summed E-state index contributed by atoms with van der Waals surface area (Å²) in [6, 6.07) is 7.54. The lowest BCUT2D eigenvalue weighted by Gasteiger charge is -2.26. The van der Waals surface area contributed by atoms with E-state index in [9.17, 15) is 10.1 Å². The average Bonchev–Trinajstić information content (AvgIpc) is 3.25. The molecule has 28 heavy (non-hydrogen) atoms. The minimum Gasteiger partial charge on any atom is -0.328 e. The van der Waals surface area contributed by atoms with E-state index in [1.165, 1.54) is 0 Å². The number of carbonyl (C=O) groups excluding carboxylic acids is 1. The Labute approximate surface area is 174 Å². The second-order valence-corrected chi connectivity index (χ2v) is 8.21. The van der Waals surface area contributed by atoms with Gasteiger partial charge >= 0.3 is 0 Å². The van der Waals surface area contributed by atoms with E-state index in [1.54, 1.807) is 12.1 Å². The second kappa shape index (κ2) is 7.36. The molecular formula is C21H20Cl2N4O. The number of benzene rings is 1. The number of halogens is 2. The highest BCUT2D eigenvalue weighted by Crippen LogP contribution is 2.42. The van der Waals surface area contributed by atoms with Gasteiger partial charge in [0.2, 0.25) is 0 Å². The van der Waals surface area contributed by atoms with Crippen LogP contribution in [-0.2, 0) is 13.1 Å². The van der Waals surface area contributed by atoms with Crippen molar-refractivity contribution in [1.29, 1.82) is 5.26 Å². The van der Waals surface area contributed by atoms with E-state index < -0.39 is 0 Å². The van der Waals surface area contributed by atoms with Gasteiger partial charge < -0.3 is 10.6 Å². The fourth-order valence-electron chi connectivity index (χ4n) is 4.49. The molecule has 0 radical (unpaired) electrons. The van der Waals surface area contributed by atoms with Crippen LogP contribution in [0.1, 0.15) is 46.6 Å². The Bertz CT molecular complexity index is 1010. The number of aromatic nitrogens is 1. The lowest BCUT2D eigenvalue weighted by molar-refractivity contribution is 0.0683. The fourth-order valence-corrected chi connectivity index (χ4v) is 5.00. The molecule has 1 aliphatic carbocycles. The summed E-state index contributed by atoms with van der Waals surface area (Å²) in [5.74, 6) is -0.221. The molecule has 1 fully saturated rings. The van der Waals surface area contributed by atoms with Crippen LogP contribution in [0.2, 0.25) is 10.0 Å². The van der Waals surface area contributed by atoms with Crippen molar-refractivity contribution in [2.24, 2.45) is 11.7 Å². The Hall–Kier alpha value is -2.13. The third kappa shape index (κ3) is 2.97. The summed E-state index contributed by atoms with van der Waals surface area (Å²) in [4.78, 5) is 20.0. The third-order valence-corrected chi connectivity index (χ3v) is 6.37. The van der Waals surface area contributed by atoms with E-state index in [1.807, 2.05) is 17.9 Å². The van der Waals surface area contributed by atoms with Crippen LogP contribution in [0, 0.1) is 24.2 Å². The fraction of sp³-hybridized carbons (Fsp3) is 0.381. The highest BCUT2D eigenvalue weighted by atomic mass is 35.5. The van der Waals surface area contributed by atoms with E-state index >= 15 is 0 Å². The number of rotatable bonds is 3. The van der Waals surface area contributed by atoms with Crippen LogP contribution >= 0.6 is 23.2 Å². The van der Waals surface area contributed by atoms with Gasteiger partial charge in [0, 0.05) is 39.5 Å². The predicted octanol–water partition coefficient (Wildman–Crippen LogP) is 4.47. The molecule has 2 heterocycles. The molecule has 1 aromatic heterocycles. The summed E-state index contributed by atoms with van der Waals surface area (Å²) in [6.45, 7) is 2.56.